The molecule has 0 spiro atoms. The average Bonchev–Trinajstić information content (AvgIpc) is 3.24. The summed E-state index contributed by atoms with van der Waals surface area (Å²) in [5, 5.41) is 8.26. The molecule has 0 bridgehead atoms. The number of benzene rings is 2. The summed E-state index contributed by atoms with van der Waals surface area (Å²) in [6, 6.07) is 15.8. The fraction of sp³-hybridized carbons (Fsp3) is 0.217. The van der Waals surface area contributed by atoms with Crippen molar-refractivity contribution in [2.75, 3.05) is 23.3 Å². The molecule has 0 unspecified atom stereocenters. The number of anilines is 2. The van der Waals surface area contributed by atoms with Crippen LogP contribution in [0.1, 0.15) is 12.8 Å². The van der Waals surface area contributed by atoms with Gasteiger partial charge in [-0.25, -0.2) is 19.0 Å². The van der Waals surface area contributed by atoms with Gasteiger partial charge in [-0.05, 0) is 43.2 Å². The second-order valence-corrected chi connectivity index (χ2v) is 7.63. The van der Waals surface area contributed by atoms with Crippen molar-refractivity contribution < 1.29 is 9.18 Å². The van der Waals surface area contributed by atoms with Gasteiger partial charge in [-0.3, -0.25) is 4.79 Å². The van der Waals surface area contributed by atoms with Gasteiger partial charge in [-0.1, -0.05) is 24.3 Å². The Morgan fingerprint density at radius 2 is 1.97 bits per heavy atom. The van der Waals surface area contributed by atoms with E-state index in [0.29, 0.717) is 17.9 Å². The highest BCUT2D eigenvalue weighted by Gasteiger charge is 2.28. The molecule has 0 saturated carbocycles. The monoisotopic (exact) mass is 416 g/mol. The Hall–Kier alpha value is -3.81. The zero-order valence-corrected chi connectivity index (χ0v) is 16.8. The number of nitrogens with one attached hydrogen (secondary N) is 1. The first-order chi connectivity index (χ1) is 15.2. The number of hydrogen-bond acceptors (Lipinski definition) is 5. The number of piperidine rings is 1. The summed E-state index contributed by atoms with van der Waals surface area (Å²) < 4.78 is 15.2. The van der Waals surface area contributed by atoms with Gasteiger partial charge in [0.1, 0.15) is 18.0 Å². The quantitative estimate of drug-likeness (QED) is 0.548. The number of fused-ring (bicyclic) bond motifs is 1. The van der Waals surface area contributed by atoms with Crippen LogP contribution in [0.3, 0.4) is 0 Å². The zero-order valence-electron chi connectivity index (χ0n) is 16.8. The first-order valence-electron chi connectivity index (χ1n) is 10.2. The van der Waals surface area contributed by atoms with E-state index in [1.54, 1.807) is 16.8 Å². The molecule has 1 aliphatic rings. The number of aromatic nitrogens is 4. The van der Waals surface area contributed by atoms with Gasteiger partial charge in [0.15, 0.2) is 5.65 Å². The topological polar surface area (TPSA) is 75.9 Å². The van der Waals surface area contributed by atoms with Crippen molar-refractivity contribution in [2.45, 2.75) is 12.8 Å². The van der Waals surface area contributed by atoms with E-state index in [1.807, 2.05) is 36.5 Å². The summed E-state index contributed by atoms with van der Waals surface area (Å²) in [6.45, 7) is 1.33. The lowest BCUT2D eigenvalue weighted by atomic mass is 9.97. The highest BCUT2D eigenvalue weighted by atomic mass is 19.1. The molecule has 0 radical (unpaired) electrons. The number of para-hydroxylation sites is 1. The summed E-state index contributed by atoms with van der Waals surface area (Å²) in [7, 11) is 0. The van der Waals surface area contributed by atoms with E-state index < -0.39 is 0 Å². The lowest BCUT2D eigenvalue weighted by Gasteiger charge is -2.33. The van der Waals surface area contributed by atoms with Crippen molar-refractivity contribution in [3.05, 3.63) is 72.9 Å². The van der Waals surface area contributed by atoms with Crippen molar-refractivity contribution in [1.82, 2.24) is 19.7 Å². The van der Waals surface area contributed by atoms with Crippen LogP contribution in [0.4, 0.5) is 15.9 Å². The molecule has 8 heteroatoms. The minimum atomic E-state index is -0.373. The van der Waals surface area contributed by atoms with Crippen molar-refractivity contribution in [1.29, 1.82) is 0 Å². The van der Waals surface area contributed by atoms with Gasteiger partial charge in [0.2, 0.25) is 5.91 Å². The Morgan fingerprint density at radius 1 is 1.10 bits per heavy atom. The number of nitrogens with zero attached hydrogens (tertiary/aromatic N) is 5. The van der Waals surface area contributed by atoms with Gasteiger partial charge in [-0.2, -0.15) is 0 Å². The molecule has 1 saturated heterocycles. The molecule has 5 rings (SSSR count). The fourth-order valence-corrected chi connectivity index (χ4v) is 3.98. The molecule has 1 atom stereocenters. The van der Waals surface area contributed by atoms with Crippen molar-refractivity contribution >= 4 is 28.4 Å². The first-order valence-corrected chi connectivity index (χ1v) is 10.2. The Bertz CT molecular complexity index is 1230. The summed E-state index contributed by atoms with van der Waals surface area (Å²) >= 11 is 0. The minimum Gasteiger partial charge on any atom is -0.355 e. The lowest BCUT2D eigenvalue weighted by Crippen LogP contribution is -2.41. The van der Waals surface area contributed by atoms with Crippen LogP contribution in [0.15, 0.2) is 67.1 Å². The van der Waals surface area contributed by atoms with E-state index in [4.69, 9.17) is 0 Å². The molecule has 1 amide bonds. The largest absolute Gasteiger partial charge is 0.355 e. The molecular formula is C23H21FN6O. The van der Waals surface area contributed by atoms with Gasteiger partial charge >= 0.3 is 0 Å². The summed E-state index contributed by atoms with van der Waals surface area (Å²) in [5.41, 5.74) is 2.02. The number of halogens is 1. The second kappa shape index (κ2) is 8.14. The van der Waals surface area contributed by atoms with Crippen LogP contribution in [0, 0.1) is 11.7 Å². The third kappa shape index (κ3) is 3.96. The van der Waals surface area contributed by atoms with Crippen LogP contribution >= 0.6 is 0 Å². The molecule has 4 aromatic rings. The van der Waals surface area contributed by atoms with Crippen LogP contribution in [0.5, 0.6) is 0 Å². The maximum absolute atomic E-state index is 13.4. The van der Waals surface area contributed by atoms with Gasteiger partial charge < -0.3 is 10.2 Å². The Balaban J connectivity index is 1.38. The average molecular weight is 416 g/mol. The molecule has 1 aliphatic heterocycles. The number of amides is 1. The Morgan fingerprint density at radius 3 is 2.81 bits per heavy atom. The Kier molecular flexibility index (Phi) is 5.03. The summed E-state index contributed by atoms with van der Waals surface area (Å²) in [5.74, 6) is 0.0732. The summed E-state index contributed by atoms with van der Waals surface area (Å²) in [6.07, 6.45) is 5.07. The maximum Gasteiger partial charge on any atom is 0.229 e. The number of rotatable bonds is 4. The van der Waals surface area contributed by atoms with Crippen LogP contribution in [-0.2, 0) is 4.79 Å². The predicted molar refractivity (Wildman–Crippen MR) is 117 cm³/mol. The predicted octanol–water partition coefficient (Wildman–Crippen LogP) is 3.81. The van der Waals surface area contributed by atoms with Crippen LogP contribution in [0.2, 0.25) is 0 Å². The molecule has 7 nitrogen and oxygen atoms in total. The maximum atomic E-state index is 13.4. The highest BCUT2D eigenvalue weighted by molar-refractivity contribution is 5.93. The standard InChI is InChI=1S/C23H21FN6O/c24-17-7-4-8-18(12-17)27-23(31)16-6-5-11-29(13-16)22-20-14-30(19-9-2-1-3-10-19)28-21(20)25-15-26-22/h1-4,7-10,12,14-16H,5-6,11,13H2,(H,27,31)/t16-/m1/s1. The van der Waals surface area contributed by atoms with Gasteiger partial charge in [0, 0.05) is 25.0 Å². The molecule has 2 aromatic heterocycles. The second-order valence-electron chi connectivity index (χ2n) is 7.63. The van der Waals surface area contributed by atoms with Crippen molar-refractivity contribution in [2.24, 2.45) is 5.92 Å². The molecule has 3 heterocycles. The molecule has 0 aliphatic carbocycles. The van der Waals surface area contributed by atoms with Crippen LogP contribution in [-0.4, -0.2) is 38.7 Å². The van der Waals surface area contributed by atoms with E-state index in [2.05, 4.69) is 25.3 Å². The minimum absolute atomic E-state index is 0.111. The van der Waals surface area contributed by atoms with Crippen molar-refractivity contribution in [3.63, 3.8) is 0 Å². The number of carbonyl (C=O) groups is 1. The Labute approximate surface area is 178 Å². The van der Waals surface area contributed by atoms with Gasteiger partial charge in [0.05, 0.1) is 17.0 Å². The fourth-order valence-electron chi connectivity index (χ4n) is 3.98. The number of carbonyl (C=O) groups excluding carboxylic acids is 1. The molecule has 1 N–H and O–H groups in total. The smallest absolute Gasteiger partial charge is 0.229 e. The zero-order chi connectivity index (χ0) is 21.2. The highest BCUT2D eigenvalue weighted by Crippen LogP contribution is 2.28. The lowest BCUT2D eigenvalue weighted by molar-refractivity contribution is -0.120. The first kappa shape index (κ1) is 19.2. The molecule has 1 fully saturated rings. The van der Waals surface area contributed by atoms with E-state index in [0.717, 1.165) is 36.3 Å². The third-order valence-corrected chi connectivity index (χ3v) is 5.50. The third-order valence-electron chi connectivity index (χ3n) is 5.50. The SMILES string of the molecule is O=C(Nc1cccc(F)c1)[C@@H]1CCCN(c2ncnc3nn(-c4ccccc4)cc23)C1. The molecular weight excluding hydrogens is 395 g/mol. The van der Waals surface area contributed by atoms with Gasteiger partial charge in [0.25, 0.3) is 0 Å². The van der Waals surface area contributed by atoms with E-state index in [9.17, 15) is 9.18 Å². The number of hydrogen-bond donors (Lipinski definition) is 1. The van der Waals surface area contributed by atoms with E-state index in [-0.39, 0.29) is 17.6 Å². The van der Waals surface area contributed by atoms with E-state index in [1.165, 1.54) is 18.5 Å². The molecule has 31 heavy (non-hydrogen) atoms. The van der Waals surface area contributed by atoms with Crippen LogP contribution < -0.4 is 10.2 Å². The van der Waals surface area contributed by atoms with Crippen molar-refractivity contribution in [3.8, 4) is 5.69 Å². The normalized spacial score (nSPS) is 16.4. The summed E-state index contributed by atoms with van der Waals surface area (Å²) in [4.78, 5) is 23.7. The molecule has 2 aromatic carbocycles. The van der Waals surface area contributed by atoms with Gasteiger partial charge in [-0.15, -0.1) is 5.10 Å². The van der Waals surface area contributed by atoms with Crippen LogP contribution in [0.25, 0.3) is 16.7 Å². The van der Waals surface area contributed by atoms with E-state index >= 15 is 0 Å². The molecule has 156 valence electrons.